The molecule has 2 rings (SSSR count). The molecule has 1 aliphatic heterocycles. The highest BCUT2D eigenvalue weighted by Crippen LogP contribution is 2.24. The van der Waals surface area contributed by atoms with E-state index in [2.05, 4.69) is 0 Å². The lowest BCUT2D eigenvalue weighted by molar-refractivity contribution is -0.123. The van der Waals surface area contributed by atoms with E-state index in [9.17, 15) is 9.18 Å². The van der Waals surface area contributed by atoms with Gasteiger partial charge in [-0.25, -0.2) is 4.39 Å². The third-order valence-corrected chi connectivity index (χ3v) is 3.41. The van der Waals surface area contributed by atoms with E-state index < -0.39 is 11.4 Å². The van der Waals surface area contributed by atoms with Crippen molar-refractivity contribution in [1.29, 1.82) is 0 Å². The van der Waals surface area contributed by atoms with Gasteiger partial charge in [-0.2, -0.15) is 0 Å². The average Bonchev–Trinajstić information content (AvgIpc) is 2.73. The van der Waals surface area contributed by atoms with Crippen LogP contribution in [-0.2, 0) is 16.0 Å². The highest BCUT2D eigenvalue weighted by atomic mass is 35.5. The molecule has 0 saturated carbocycles. The largest absolute Gasteiger partial charge is 0.379 e. The number of carbonyl (C=O) groups excluding carboxylic acids is 1. The van der Waals surface area contributed by atoms with Crippen LogP contribution in [0.5, 0.6) is 0 Å². The van der Waals surface area contributed by atoms with Crippen LogP contribution in [0.1, 0.15) is 12.0 Å². The maximum atomic E-state index is 13.2. The van der Waals surface area contributed by atoms with Gasteiger partial charge in [-0.15, -0.1) is 0 Å². The average molecular weight is 258 g/mol. The molecular formula is C12H13ClFNO2. The van der Waals surface area contributed by atoms with E-state index >= 15 is 0 Å². The molecule has 0 aromatic heterocycles. The van der Waals surface area contributed by atoms with Crippen LogP contribution in [0.15, 0.2) is 18.2 Å². The number of Topliss-reactive ketones (excluding diaryl/α,β-unsaturated/α-hetero) is 1. The number of carbonyl (C=O) groups is 1. The Labute approximate surface area is 104 Å². The van der Waals surface area contributed by atoms with Gasteiger partial charge in [0, 0.05) is 13.0 Å². The van der Waals surface area contributed by atoms with Gasteiger partial charge < -0.3 is 10.5 Å². The summed E-state index contributed by atoms with van der Waals surface area (Å²) in [6, 6.07) is 4.41. The third kappa shape index (κ3) is 2.49. The molecule has 2 N–H and O–H groups in total. The molecule has 0 bridgehead atoms. The van der Waals surface area contributed by atoms with Crippen molar-refractivity contribution in [2.75, 3.05) is 13.2 Å². The maximum Gasteiger partial charge on any atom is 0.159 e. The fourth-order valence-corrected chi connectivity index (χ4v) is 2.03. The molecular weight excluding hydrogens is 245 g/mol. The maximum absolute atomic E-state index is 13.2. The normalized spacial score (nSPS) is 23.9. The Morgan fingerprint density at radius 2 is 2.35 bits per heavy atom. The SMILES string of the molecule is NC1(C(=O)Cc2cccc(F)c2Cl)CCOC1. The molecule has 1 aliphatic rings. The summed E-state index contributed by atoms with van der Waals surface area (Å²) >= 11 is 5.79. The van der Waals surface area contributed by atoms with Crippen LogP contribution in [0, 0.1) is 5.82 Å². The molecule has 0 aliphatic carbocycles. The van der Waals surface area contributed by atoms with Crippen molar-refractivity contribution >= 4 is 17.4 Å². The first kappa shape index (κ1) is 12.5. The molecule has 1 fully saturated rings. The Hall–Kier alpha value is -0.970. The van der Waals surface area contributed by atoms with Crippen molar-refractivity contribution in [1.82, 2.24) is 0 Å². The van der Waals surface area contributed by atoms with E-state index in [-0.39, 0.29) is 23.8 Å². The highest BCUT2D eigenvalue weighted by Gasteiger charge is 2.37. The summed E-state index contributed by atoms with van der Waals surface area (Å²) in [6.45, 7) is 0.706. The number of nitrogens with two attached hydrogens (primary N) is 1. The minimum atomic E-state index is -0.949. The molecule has 1 heterocycles. The van der Waals surface area contributed by atoms with Crippen LogP contribution < -0.4 is 5.73 Å². The molecule has 3 nitrogen and oxygen atoms in total. The summed E-state index contributed by atoms with van der Waals surface area (Å²) in [5, 5.41) is -0.0108. The van der Waals surface area contributed by atoms with E-state index in [4.69, 9.17) is 22.1 Å². The van der Waals surface area contributed by atoms with E-state index in [1.807, 2.05) is 0 Å². The summed E-state index contributed by atoms with van der Waals surface area (Å²) in [5.41, 5.74) is 5.44. The molecule has 92 valence electrons. The van der Waals surface area contributed by atoms with Gasteiger partial charge in [0.05, 0.1) is 11.6 Å². The van der Waals surface area contributed by atoms with Gasteiger partial charge in [-0.1, -0.05) is 23.7 Å². The number of rotatable bonds is 3. The van der Waals surface area contributed by atoms with Crippen LogP contribution in [0.25, 0.3) is 0 Å². The molecule has 1 saturated heterocycles. The van der Waals surface area contributed by atoms with Gasteiger partial charge in [0.2, 0.25) is 0 Å². The van der Waals surface area contributed by atoms with E-state index in [0.29, 0.717) is 18.6 Å². The van der Waals surface area contributed by atoms with Crippen molar-refractivity contribution < 1.29 is 13.9 Å². The minimum Gasteiger partial charge on any atom is -0.379 e. The fourth-order valence-electron chi connectivity index (χ4n) is 1.83. The topological polar surface area (TPSA) is 52.3 Å². The molecule has 0 spiro atoms. The molecule has 1 unspecified atom stereocenters. The lowest BCUT2D eigenvalue weighted by Gasteiger charge is -2.20. The van der Waals surface area contributed by atoms with Gasteiger partial charge in [0.15, 0.2) is 5.78 Å². The van der Waals surface area contributed by atoms with Crippen LogP contribution in [0.2, 0.25) is 5.02 Å². The van der Waals surface area contributed by atoms with Crippen molar-refractivity contribution in [3.63, 3.8) is 0 Å². The Bertz CT molecular complexity index is 444. The van der Waals surface area contributed by atoms with Crippen molar-refractivity contribution in [3.05, 3.63) is 34.6 Å². The Morgan fingerprint density at radius 1 is 1.59 bits per heavy atom. The molecule has 17 heavy (non-hydrogen) atoms. The summed E-state index contributed by atoms with van der Waals surface area (Å²) < 4.78 is 18.3. The van der Waals surface area contributed by atoms with Crippen molar-refractivity contribution in [3.8, 4) is 0 Å². The van der Waals surface area contributed by atoms with Crippen molar-refractivity contribution in [2.24, 2.45) is 5.73 Å². The van der Waals surface area contributed by atoms with Gasteiger partial charge in [0.25, 0.3) is 0 Å². The Kier molecular flexibility index (Phi) is 3.47. The predicted octanol–water partition coefficient (Wildman–Crippen LogP) is 1.71. The standard InChI is InChI=1S/C12H13ClFNO2/c13-11-8(2-1-3-9(11)14)6-10(16)12(15)4-5-17-7-12/h1-3H,4-7,15H2. The van der Waals surface area contributed by atoms with Crippen LogP contribution in [0.4, 0.5) is 4.39 Å². The highest BCUT2D eigenvalue weighted by molar-refractivity contribution is 6.31. The molecule has 1 atom stereocenters. The van der Waals surface area contributed by atoms with E-state index in [1.54, 1.807) is 6.07 Å². The number of benzene rings is 1. The van der Waals surface area contributed by atoms with E-state index in [0.717, 1.165) is 0 Å². The molecule has 1 aromatic rings. The lowest BCUT2D eigenvalue weighted by atomic mass is 9.90. The van der Waals surface area contributed by atoms with Crippen molar-refractivity contribution in [2.45, 2.75) is 18.4 Å². The second-order valence-electron chi connectivity index (χ2n) is 4.27. The lowest BCUT2D eigenvalue weighted by Crippen LogP contribution is -2.49. The fraction of sp³-hybridized carbons (Fsp3) is 0.417. The zero-order valence-electron chi connectivity index (χ0n) is 9.21. The predicted molar refractivity (Wildman–Crippen MR) is 62.5 cm³/mol. The van der Waals surface area contributed by atoms with Crippen LogP contribution >= 0.6 is 11.6 Å². The van der Waals surface area contributed by atoms with Gasteiger partial charge in [0.1, 0.15) is 11.4 Å². The first-order chi connectivity index (χ1) is 8.03. The Morgan fingerprint density at radius 3 is 3.00 bits per heavy atom. The minimum absolute atomic E-state index is 0.0108. The molecule has 5 heteroatoms. The van der Waals surface area contributed by atoms with Gasteiger partial charge in [-0.05, 0) is 18.1 Å². The number of ether oxygens (including phenoxy) is 1. The Balaban J connectivity index is 2.16. The van der Waals surface area contributed by atoms with E-state index in [1.165, 1.54) is 12.1 Å². The summed E-state index contributed by atoms with van der Waals surface area (Å²) in [5.74, 6) is -0.687. The smallest absolute Gasteiger partial charge is 0.159 e. The second-order valence-corrected chi connectivity index (χ2v) is 4.65. The molecule has 0 amide bonds. The quantitative estimate of drug-likeness (QED) is 0.897. The van der Waals surface area contributed by atoms with Gasteiger partial charge in [-0.3, -0.25) is 4.79 Å². The first-order valence-corrected chi connectivity index (χ1v) is 5.73. The van der Waals surface area contributed by atoms with Crippen LogP contribution in [-0.4, -0.2) is 24.5 Å². The summed E-state index contributed by atoms with van der Waals surface area (Å²) in [4.78, 5) is 12.0. The number of hydrogen-bond acceptors (Lipinski definition) is 3. The summed E-state index contributed by atoms with van der Waals surface area (Å²) in [7, 11) is 0. The monoisotopic (exact) mass is 257 g/mol. The zero-order valence-corrected chi connectivity index (χ0v) is 9.97. The molecule has 0 radical (unpaired) electrons. The summed E-state index contributed by atoms with van der Waals surface area (Å²) in [6.07, 6.45) is 0.537. The number of hydrogen-bond donors (Lipinski definition) is 1. The zero-order chi connectivity index (χ0) is 12.5. The van der Waals surface area contributed by atoms with Crippen LogP contribution in [0.3, 0.4) is 0 Å². The molecule has 1 aromatic carbocycles. The first-order valence-electron chi connectivity index (χ1n) is 5.36. The second kappa shape index (κ2) is 4.72. The number of halogens is 2. The van der Waals surface area contributed by atoms with Gasteiger partial charge >= 0.3 is 0 Å². The third-order valence-electron chi connectivity index (χ3n) is 2.99. The number of ketones is 1.